The second-order valence-electron chi connectivity index (χ2n) is 9.27. The van der Waals surface area contributed by atoms with Gasteiger partial charge in [-0.15, -0.1) is 0 Å². The van der Waals surface area contributed by atoms with Crippen LogP contribution in [0.5, 0.6) is 0 Å². The maximum atomic E-state index is 13.3. The quantitative estimate of drug-likeness (QED) is 0.315. The molecule has 1 aliphatic carbocycles. The molecular formula is C26H37N2O6PS. The summed E-state index contributed by atoms with van der Waals surface area (Å²) in [7, 11) is -6.56. The summed E-state index contributed by atoms with van der Waals surface area (Å²) in [6.07, 6.45) is 9.32. The van der Waals surface area contributed by atoms with Gasteiger partial charge in [0.05, 0.1) is 30.2 Å². The average molecular weight is 537 g/mol. The van der Waals surface area contributed by atoms with E-state index in [2.05, 4.69) is 10.3 Å². The van der Waals surface area contributed by atoms with Crippen molar-refractivity contribution in [3.8, 4) is 0 Å². The molecule has 36 heavy (non-hydrogen) atoms. The van der Waals surface area contributed by atoms with E-state index in [0.717, 1.165) is 12.0 Å². The van der Waals surface area contributed by atoms with Crippen molar-refractivity contribution in [3.63, 3.8) is 0 Å². The normalized spacial score (nSPS) is 15.6. The van der Waals surface area contributed by atoms with E-state index in [1.54, 1.807) is 56.4 Å². The number of carbonyl (C=O) groups is 1. The molecule has 1 aliphatic rings. The number of pyridine rings is 1. The van der Waals surface area contributed by atoms with Gasteiger partial charge in [-0.25, -0.2) is 13.4 Å². The molecular weight excluding hydrogens is 499 g/mol. The highest BCUT2D eigenvalue weighted by Gasteiger charge is 2.26. The van der Waals surface area contributed by atoms with Crippen LogP contribution in [-0.2, 0) is 34.4 Å². The number of benzene rings is 1. The Morgan fingerprint density at radius 3 is 2.25 bits per heavy atom. The second kappa shape index (κ2) is 13.0. The lowest BCUT2D eigenvalue weighted by Crippen LogP contribution is -2.22. The molecule has 0 saturated heterocycles. The predicted octanol–water partition coefficient (Wildman–Crippen LogP) is 5.94. The van der Waals surface area contributed by atoms with E-state index in [-0.39, 0.29) is 30.2 Å². The van der Waals surface area contributed by atoms with E-state index in [9.17, 15) is 17.8 Å². The number of anilines is 1. The SMILES string of the molecule is CCOP(=O)(Cc1ccc(NC(=O)[C@H](CCC2CCCC2)c2ccc(S(C)(=O)=O)cc2)nc1)OCC. The van der Waals surface area contributed by atoms with Gasteiger partial charge in [0.25, 0.3) is 0 Å². The van der Waals surface area contributed by atoms with Gasteiger partial charge in [0.1, 0.15) is 5.82 Å². The molecule has 8 nitrogen and oxygen atoms in total. The second-order valence-corrected chi connectivity index (χ2v) is 13.3. The van der Waals surface area contributed by atoms with Gasteiger partial charge < -0.3 is 14.4 Å². The van der Waals surface area contributed by atoms with E-state index < -0.39 is 23.4 Å². The number of rotatable bonds is 13. The van der Waals surface area contributed by atoms with Gasteiger partial charge in [-0.05, 0) is 61.9 Å². The molecule has 10 heteroatoms. The highest BCUT2D eigenvalue weighted by molar-refractivity contribution is 7.90. The van der Waals surface area contributed by atoms with Crippen molar-refractivity contribution in [3.05, 3.63) is 53.7 Å². The summed E-state index contributed by atoms with van der Waals surface area (Å²) in [6, 6.07) is 10.00. The Balaban J connectivity index is 1.73. The van der Waals surface area contributed by atoms with Gasteiger partial charge in [0, 0.05) is 12.5 Å². The molecule has 1 saturated carbocycles. The number of nitrogens with zero attached hydrogens (tertiary/aromatic N) is 1. The number of hydrogen-bond acceptors (Lipinski definition) is 7. The fraction of sp³-hybridized carbons (Fsp3) is 0.538. The minimum absolute atomic E-state index is 0.104. The van der Waals surface area contributed by atoms with Crippen molar-refractivity contribution in [2.45, 2.75) is 69.3 Å². The maximum absolute atomic E-state index is 13.3. The van der Waals surface area contributed by atoms with Crippen molar-refractivity contribution in [1.82, 2.24) is 4.98 Å². The Morgan fingerprint density at radius 2 is 1.72 bits per heavy atom. The van der Waals surface area contributed by atoms with E-state index >= 15 is 0 Å². The standard InChI is InChI=1S/C26H37N2O6PS/c1-4-33-35(30,34-5-2)19-21-11-17-25(27-18-21)28-26(29)24(16-10-20-8-6-7-9-20)22-12-14-23(15-13-22)36(3,31)32/h11-15,17-18,20,24H,4-10,16,19H2,1-3H3,(H,27,28,29)/t24-/m1/s1. The summed E-state index contributed by atoms with van der Waals surface area (Å²) >= 11 is 0. The van der Waals surface area contributed by atoms with Gasteiger partial charge >= 0.3 is 7.60 Å². The maximum Gasteiger partial charge on any atom is 0.335 e. The number of hydrogen-bond donors (Lipinski definition) is 1. The fourth-order valence-corrected chi connectivity index (χ4v) is 6.96. The molecule has 0 spiro atoms. The van der Waals surface area contributed by atoms with Crippen LogP contribution in [0, 0.1) is 5.92 Å². The summed E-state index contributed by atoms with van der Waals surface area (Å²) in [5.74, 6) is 0.413. The van der Waals surface area contributed by atoms with E-state index in [4.69, 9.17) is 9.05 Å². The Hall–Kier alpha value is -2.06. The molecule has 1 aromatic carbocycles. The van der Waals surface area contributed by atoms with Crippen molar-refractivity contribution < 1.29 is 26.8 Å². The van der Waals surface area contributed by atoms with Crippen molar-refractivity contribution in [2.24, 2.45) is 5.92 Å². The zero-order valence-corrected chi connectivity index (χ0v) is 23.0. The first-order valence-electron chi connectivity index (χ1n) is 12.6. The van der Waals surface area contributed by atoms with Gasteiger partial charge in [0.15, 0.2) is 9.84 Å². The van der Waals surface area contributed by atoms with Crippen molar-refractivity contribution >= 4 is 29.2 Å². The van der Waals surface area contributed by atoms with Crippen LogP contribution in [-0.4, -0.2) is 38.8 Å². The first-order valence-corrected chi connectivity index (χ1v) is 16.2. The van der Waals surface area contributed by atoms with Gasteiger partial charge in [-0.3, -0.25) is 9.36 Å². The average Bonchev–Trinajstić information content (AvgIpc) is 3.34. The van der Waals surface area contributed by atoms with Crippen molar-refractivity contribution in [1.29, 1.82) is 0 Å². The lowest BCUT2D eigenvalue weighted by molar-refractivity contribution is -0.117. The number of nitrogens with one attached hydrogen (secondary N) is 1. The van der Waals surface area contributed by atoms with Crippen LogP contribution in [0.4, 0.5) is 5.82 Å². The van der Waals surface area contributed by atoms with Crippen LogP contribution in [0.25, 0.3) is 0 Å². The summed E-state index contributed by atoms with van der Waals surface area (Å²) in [4.78, 5) is 17.9. The molecule has 1 fully saturated rings. The van der Waals surface area contributed by atoms with E-state index in [1.807, 2.05) is 0 Å². The molecule has 0 bridgehead atoms. The third kappa shape index (κ3) is 8.23. The molecule has 198 valence electrons. The number of sulfone groups is 1. The van der Waals surface area contributed by atoms with Crippen LogP contribution in [0.15, 0.2) is 47.5 Å². The molecule has 1 atom stereocenters. The zero-order chi connectivity index (χ0) is 26.2. The predicted molar refractivity (Wildman–Crippen MR) is 141 cm³/mol. The first kappa shape index (κ1) is 28.5. The Morgan fingerprint density at radius 1 is 1.08 bits per heavy atom. The Kier molecular flexibility index (Phi) is 10.3. The topological polar surface area (TPSA) is 112 Å². The zero-order valence-electron chi connectivity index (χ0n) is 21.3. The number of carbonyl (C=O) groups excluding carboxylic acids is 1. The van der Waals surface area contributed by atoms with Crippen LogP contribution in [0.3, 0.4) is 0 Å². The smallest absolute Gasteiger partial charge is 0.310 e. The molecule has 1 heterocycles. The lowest BCUT2D eigenvalue weighted by atomic mass is 9.89. The summed E-state index contributed by atoms with van der Waals surface area (Å²) < 4.78 is 47.2. The van der Waals surface area contributed by atoms with Crippen molar-refractivity contribution in [2.75, 3.05) is 24.8 Å². The monoisotopic (exact) mass is 536 g/mol. The van der Waals surface area contributed by atoms with E-state index in [1.165, 1.54) is 31.9 Å². The lowest BCUT2D eigenvalue weighted by Gasteiger charge is -2.20. The Bertz CT molecular complexity index is 1140. The number of aromatic nitrogens is 1. The van der Waals surface area contributed by atoms with Gasteiger partial charge in [0.2, 0.25) is 5.91 Å². The van der Waals surface area contributed by atoms with E-state index in [0.29, 0.717) is 23.7 Å². The van der Waals surface area contributed by atoms with Crippen LogP contribution < -0.4 is 5.32 Å². The molecule has 1 aromatic heterocycles. The summed E-state index contributed by atoms with van der Waals surface area (Å²) in [5.41, 5.74) is 1.47. The molecule has 0 radical (unpaired) electrons. The minimum Gasteiger partial charge on any atom is -0.310 e. The highest BCUT2D eigenvalue weighted by Crippen LogP contribution is 2.51. The Labute approximate surface area is 214 Å². The minimum atomic E-state index is -3.31. The number of amides is 1. The molecule has 3 rings (SSSR count). The first-order chi connectivity index (χ1) is 17.1. The molecule has 1 N–H and O–H groups in total. The van der Waals surface area contributed by atoms with Gasteiger partial charge in [-0.2, -0.15) is 0 Å². The van der Waals surface area contributed by atoms with Crippen LogP contribution in [0.2, 0.25) is 0 Å². The molecule has 0 unspecified atom stereocenters. The molecule has 1 amide bonds. The molecule has 0 aliphatic heterocycles. The van der Waals surface area contributed by atoms with Gasteiger partial charge in [-0.1, -0.05) is 43.9 Å². The third-order valence-electron chi connectivity index (χ3n) is 6.47. The van der Waals surface area contributed by atoms with Crippen LogP contribution >= 0.6 is 7.60 Å². The highest BCUT2D eigenvalue weighted by atomic mass is 32.2. The molecule has 2 aromatic rings. The summed E-state index contributed by atoms with van der Waals surface area (Å²) in [6.45, 7) is 4.10. The fourth-order valence-electron chi connectivity index (χ4n) is 4.65. The largest absolute Gasteiger partial charge is 0.335 e. The summed E-state index contributed by atoms with van der Waals surface area (Å²) in [5, 5.41) is 2.90. The third-order valence-corrected chi connectivity index (χ3v) is 9.65. The van der Waals surface area contributed by atoms with Crippen LogP contribution in [0.1, 0.15) is 69.4 Å².